The smallest absolute Gasteiger partial charge is 0.319 e. The van der Waals surface area contributed by atoms with Crippen molar-refractivity contribution >= 4 is 46.8 Å². The number of thioether (sulfide) groups is 1. The van der Waals surface area contributed by atoms with Crippen LogP contribution in [0.2, 0.25) is 5.02 Å². The second-order valence-electron chi connectivity index (χ2n) is 7.26. The Morgan fingerprint density at radius 3 is 2.66 bits per heavy atom. The average Bonchev–Trinajstić information content (AvgIpc) is 2.84. The Morgan fingerprint density at radius 2 is 2.03 bits per heavy atom. The van der Waals surface area contributed by atoms with Crippen molar-refractivity contribution in [2.45, 2.75) is 12.8 Å². The summed E-state index contributed by atoms with van der Waals surface area (Å²) in [5.41, 5.74) is 0.492. The maximum atomic E-state index is 13.8. The zero-order valence-electron chi connectivity index (χ0n) is 18.8. The molecule has 0 radical (unpaired) electrons. The lowest BCUT2D eigenvalue weighted by Crippen LogP contribution is -2.44. The molecule has 3 rings (SSSR count). The molecule has 2 atom stereocenters. The molecule has 0 saturated carbocycles. The number of para-hydroxylation sites is 1. The summed E-state index contributed by atoms with van der Waals surface area (Å²) in [7, 11) is 1.14. The summed E-state index contributed by atoms with van der Waals surface area (Å²) < 4.78 is 24.1. The molecule has 11 heteroatoms. The summed E-state index contributed by atoms with van der Waals surface area (Å²) in [5.74, 6) is -4.83. The van der Waals surface area contributed by atoms with Crippen molar-refractivity contribution in [3.8, 4) is 11.8 Å². The number of methoxy groups -OCH3 is 1. The fourth-order valence-electron chi connectivity index (χ4n) is 3.55. The topological polar surface area (TPSA) is 118 Å². The number of amides is 2. The van der Waals surface area contributed by atoms with Crippen molar-refractivity contribution in [3.05, 3.63) is 69.5 Å². The Kier molecular flexibility index (Phi) is 8.73. The average molecular weight is 518 g/mol. The molecular weight excluding hydrogens is 497 g/mol. The highest BCUT2D eigenvalue weighted by Crippen LogP contribution is 2.42. The van der Waals surface area contributed by atoms with Crippen LogP contribution in [0.3, 0.4) is 0 Å². The Bertz CT molecular complexity index is 1230. The van der Waals surface area contributed by atoms with Gasteiger partial charge in [-0.15, -0.1) is 0 Å². The molecule has 2 N–H and O–H groups in total. The molecule has 35 heavy (non-hydrogen) atoms. The summed E-state index contributed by atoms with van der Waals surface area (Å²) in [6.45, 7) is 2.18. The second kappa shape index (κ2) is 11.7. The summed E-state index contributed by atoms with van der Waals surface area (Å²) in [6.07, 6.45) is 0. The van der Waals surface area contributed by atoms with E-state index in [1.165, 1.54) is 24.3 Å². The van der Waals surface area contributed by atoms with Gasteiger partial charge in [-0.25, -0.2) is 4.39 Å². The second-order valence-corrected chi connectivity index (χ2v) is 8.65. The van der Waals surface area contributed by atoms with E-state index in [2.05, 4.69) is 10.6 Å². The van der Waals surface area contributed by atoms with E-state index >= 15 is 0 Å². The van der Waals surface area contributed by atoms with Crippen molar-refractivity contribution in [2.24, 2.45) is 5.92 Å². The number of nitrogens with one attached hydrogen (secondary N) is 2. The number of hydrogen-bond donors (Lipinski definition) is 2. The SMILES string of the molecule is CCOc1ccc([C@H]2C(C#N)=C(SCC(=O)Nc3ccccc3F)NC(=O)[C@H]2C(=O)OC)cc1Cl. The van der Waals surface area contributed by atoms with E-state index in [0.717, 1.165) is 18.9 Å². The maximum absolute atomic E-state index is 13.8. The van der Waals surface area contributed by atoms with E-state index in [4.69, 9.17) is 21.1 Å². The molecule has 0 fully saturated rings. The van der Waals surface area contributed by atoms with Gasteiger partial charge in [0, 0.05) is 5.92 Å². The molecule has 0 saturated heterocycles. The van der Waals surface area contributed by atoms with E-state index in [-0.39, 0.29) is 27.1 Å². The van der Waals surface area contributed by atoms with E-state index in [0.29, 0.717) is 17.9 Å². The number of carbonyl (C=O) groups is 3. The fraction of sp³-hybridized carbons (Fsp3) is 0.250. The number of nitrogens with zero attached hydrogens (tertiary/aromatic N) is 1. The van der Waals surface area contributed by atoms with Crippen LogP contribution in [0.4, 0.5) is 10.1 Å². The monoisotopic (exact) mass is 517 g/mol. The normalized spacial score (nSPS) is 17.3. The molecule has 182 valence electrons. The number of nitriles is 1. The zero-order valence-corrected chi connectivity index (χ0v) is 20.3. The number of allylic oxidation sites excluding steroid dienone is 1. The van der Waals surface area contributed by atoms with Gasteiger partial charge in [0.2, 0.25) is 11.8 Å². The maximum Gasteiger partial charge on any atom is 0.319 e. The number of ether oxygens (including phenoxy) is 2. The lowest BCUT2D eigenvalue weighted by molar-refractivity contribution is -0.150. The molecule has 1 heterocycles. The first-order valence-corrected chi connectivity index (χ1v) is 11.8. The lowest BCUT2D eigenvalue weighted by Gasteiger charge is -2.31. The standard InChI is InChI=1S/C24H21ClFN3O5S/c1-3-34-18-9-8-13(10-15(18)25)20-14(11-27)23(29-22(31)21(20)24(32)33-2)35-12-19(30)28-17-7-5-4-6-16(17)26/h4-10,20-21H,3,12H2,1-2H3,(H,28,30)(H,29,31)/t20-,21-/m0/s1. The van der Waals surface area contributed by atoms with Gasteiger partial charge in [-0.1, -0.05) is 41.6 Å². The van der Waals surface area contributed by atoms with E-state index < -0.39 is 35.4 Å². The van der Waals surface area contributed by atoms with Gasteiger partial charge in [0.15, 0.2) is 0 Å². The molecule has 2 aromatic carbocycles. The predicted octanol–water partition coefficient (Wildman–Crippen LogP) is 3.99. The number of anilines is 1. The molecule has 0 unspecified atom stereocenters. The van der Waals surface area contributed by atoms with E-state index in [1.807, 2.05) is 6.07 Å². The van der Waals surface area contributed by atoms with Gasteiger partial charge in [0.25, 0.3) is 0 Å². The number of rotatable bonds is 8. The summed E-state index contributed by atoms with van der Waals surface area (Å²) in [5, 5.41) is 15.3. The van der Waals surface area contributed by atoms with Crippen molar-refractivity contribution in [1.29, 1.82) is 5.26 Å². The van der Waals surface area contributed by atoms with Gasteiger partial charge in [-0.05, 0) is 36.8 Å². The zero-order chi connectivity index (χ0) is 25.5. The first-order chi connectivity index (χ1) is 16.8. The highest BCUT2D eigenvalue weighted by Gasteiger charge is 2.44. The molecule has 8 nitrogen and oxygen atoms in total. The molecule has 2 amide bonds. The van der Waals surface area contributed by atoms with Crippen LogP contribution in [0.5, 0.6) is 5.75 Å². The largest absolute Gasteiger partial charge is 0.492 e. The Balaban J connectivity index is 1.94. The minimum atomic E-state index is -1.35. The van der Waals surface area contributed by atoms with E-state index in [9.17, 15) is 24.0 Å². The fourth-order valence-corrected chi connectivity index (χ4v) is 4.64. The third kappa shape index (κ3) is 5.93. The lowest BCUT2D eigenvalue weighted by atomic mass is 9.78. The van der Waals surface area contributed by atoms with Crippen LogP contribution in [0, 0.1) is 23.1 Å². The summed E-state index contributed by atoms with van der Waals surface area (Å²) in [6, 6.07) is 12.5. The minimum absolute atomic E-state index is 0.00734. The Morgan fingerprint density at radius 1 is 1.29 bits per heavy atom. The Labute approximate surface area is 210 Å². The highest BCUT2D eigenvalue weighted by atomic mass is 35.5. The van der Waals surface area contributed by atoms with Gasteiger partial charge in [-0.3, -0.25) is 14.4 Å². The Hall–Kier alpha value is -3.55. The van der Waals surface area contributed by atoms with Crippen LogP contribution < -0.4 is 15.4 Å². The molecule has 1 aliphatic rings. The third-order valence-electron chi connectivity index (χ3n) is 5.09. The summed E-state index contributed by atoms with van der Waals surface area (Å²) >= 11 is 7.20. The van der Waals surface area contributed by atoms with Crippen LogP contribution in [-0.2, 0) is 19.1 Å². The molecule has 2 aromatic rings. The van der Waals surface area contributed by atoms with E-state index in [1.54, 1.807) is 25.1 Å². The molecule has 0 bridgehead atoms. The van der Waals surface area contributed by atoms with Crippen LogP contribution >= 0.6 is 23.4 Å². The van der Waals surface area contributed by atoms with Crippen LogP contribution in [0.1, 0.15) is 18.4 Å². The van der Waals surface area contributed by atoms with Gasteiger partial charge < -0.3 is 20.1 Å². The number of carbonyl (C=O) groups excluding carboxylic acids is 3. The van der Waals surface area contributed by atoms with Gasteiger partial charge in [0.05, 0.1) is 46.9 Å². The first-order valence-electron chi connectivity index (χ1n) is 10.4. The highest BCUT2D eigenvalue weighted by molar-refractivity contribution is 8.03. The van der Waals surface area contributed by atoms with Gasteiger partial charge >= 0.3 is 5.97 Å². The van der Waals surface area contributed by atoms with Crippen molar-refractivity contribution < 1.29 is 28.2 Å². The first kappa shape index (κ1) is 26.1. The number of esters is 1. The molecule has 0 spiro atoms. The van der Waals surface area contributed by atoms with Gasteiger partial charge in [-0.2, -0.15) is 5.26 Å². The minimum Gasteiger partial charge on any atom is -0.492 e. The van der Waals surface area contributed by atoms with Crippen LogP contribution in [0.25, 0.3) is 0 Å². The number of hydrogen-bond acceptors (Lipinski definition) is 7. The van der Waals surface area contributed by atoms with Crippen LogP contribution in [-0.4, -0.2) is 37.3 Å². The predicted molar refractivity (Wildman–Crippen MR) is 129 cm³/mol. The summed E-state index contributed by atoms with van der Waals surface area (Å²) in [4.78, 5) is 37.8. The quantitative estimate of drug-likeness (QED) is 0.401. The van der Waals surface area contributed by atoms with Crippen molar-refractivity contribution in [3.63, 3.8) is 0 Å². The van der Waals surface area contributed by atoms with Crippen molar-refractivity contribution in [2.75, 3.05) is 24.8 Å². The molecule has 0 aliphatic carbocycles. The number of halogens is 2. The molecule has 0 aromatic heterocycles. The van der Waals surface area contributed by atoms with Crippen molar-refractivity contribution in [1.82, 2.24) is 5.32 Å². The molecular formula is C24H21ClFN3O5S. The van der Waals surface area contributed by atoms with Crippen LogP contribution in [0.15, 0.2) is 53.1 Å². The van der Waals surface area contributed by atoms with Gasteiger partial charge in [0.1, 0.15) is 17.5 Å². The number of benzene rings is 2. The molecule has 1 aliphatic heterocycles. The third-order valence-corrected chi connectivity index (χ3v) is 6.41.